The summed E-state index contributed by atoms with van der Waals surface area (Å²) in [7, 11) is 2.00. The maximum Gasteiger partial charge on any atom is 0.128 e. The first-order valence-electron chi connectivity index (χ1n) is 6.78. The van der Waals surface area contributed by atoms with Crippen molar-refractivity contribution in [3.8, 4) is 0 Å². The van der Waals surface area contributed by atoms with Gasteiger partial charge in [-0.25, -0.2) is 4.98 Å². The summed E-state index contributed by atoms with van der Waals surface area (Å²) < 4.78 is 0. The lowest BCUT2D eigenvalue weighted by atomic mass is 9.91. The molecule has 0 spiro atoms. The van der Waals surface area contributed by atoms with E-state index in [2.05, 4.69) is 29.4 Å². The number of allylic oxidation sites excluding steroid dienone is 1. The van der Waals surface area contributed by atoms with Gasteiger partial charge >= 0.3 is 0 Å². The van der Waals surface area contributed by atoms with Crippen molar-refractivity contribution >= 4 is 5.82 Å². The molecule has 1 aromatic rings. The molecule has 1 unspecified atom stereocenters. The summed E-state index contributed by atoms with van der Waals surface area (Å²) >= 11 is 0. The van der Waals surface area contributed by atoms with Gasteiger partial charge in [-0.3, -0.25) is 0 Å². The molecule has 3 heteroatoms. The van der Waals surface area contributed by atoms with E-state index < -0.39 is 0 Å². The van der Waals surface area contributed by atoms with E-state index in [0.717, 1.165) is 17.5 Å². The standard InChI is InChI=1S/C15H23N3/c1-11-8-13(15(16)18-10-11)14(17-2)9-12-6-4-3-5-7-12/h6,8,10,14,17H,3-5,7,9H2,1-2H3,(H2,16,18). The number of anilines is 1. The van der Waals surface area contributed by atoms with E-state index in [4.69, 9.17) is 5.73 Å². The molecule has 1 aromatic heterocycles. The van der Waals surface area contributed by atoms with Gasteiger partial charge in [-0.1, -0.05) is 11.6 Å². The molecule has 3 N–H and O–H groups in total. The summed E-state index contributed by atoms with van der Waals surface area (Å²) in [5.41, 5.74) is 9.85. The largest absolute Gasteiger partial charge is 0.383 e. The van der Waals surface area contributed by atoms with Crippen LogP contribution in [-0.4, -0.2) is 12.0 Å². The van der Waals surface area contributed by atoms with Crippen LogP contribution in [0.1, 0.15) is 49.3 Å². The van der Waals surface area contributed by atoms with Gasteiger partial charge in [-0.2, -0.15) is 0 Å². The number of nitrogens with zero attached hydrogens (tertiary/aromatic N) is 1. The molecule has 98 valence electrons. The Morgan fingerprint density at radius 2 is 2.28 bits per heavy atom. The Hall–Kier alpha value is -1.35. The number of hydrogen-bond acceptors (Lipinski definition) is 3. The number of nitrogen functional groups attached to an aromatic ring is 1. The number of rotatable bonds is 4. The Labute approximate surface area is 109 Å². The van der Waals surface area contributed by atoms with Crippen molar-refractivity contribution in [3.63, 3.8) is 0 Å². The Kier molecular flexibility index (Phi) is 4.37. The molecule has 0 aromatic carbocycles. The second-order valence-electron chi connectivity index (χ2n) is 5.14. The van der Waals surface area contributed by atoms with Gasteiger partial charge < -0.3 is 11.1 Å². The summed E-state index contributed by atoms with van der Waals surface area (Å²) in [6.07, 6.45) is 10.4. The minimum Gasteiger partial charge on any atom is -0.383 e. The van der Waals surface area contributed by atoms with Gasteiger partial charge in [0, 0.05) is 17.8 Å². The first-order chi connectivity index (χ1) is 8.70. The monoisotopic (exact) mass is 245 g/mol. The molecule has 0 radical (unpaired) electrons. The van der Waals surface area contributed by atoms with Crippen molar-refractivity contribution in [2.45, 2.75) is 45.1 Å². The molecule has 1 atom stereocenters. The predicted octanol–water partition coefficient (Wildman–Crippen LogP) is 3.12. The zero-order valence-electron chi connectivity index (χ0n) is 11.4. The lowest BCUT2D eigenvalue weighted by Gasteiger charge is -2.22. The van der Waals surface area contributed by atoms with Crippen molar-refractivity contribution in [1.82, 2.24) is 10.3 Å². The van der Waals surface area contributed by atoms with Crippen LogP contribution in [-0.2, 0) is 0 Å². The van der Waals surface area contributed by atoms with Gasteiger partial charge in [0.15, 0.2) is 0 Å². The van der Waals surface area contributed by atoms with Gasteiger partial charge in [-0.15, -0.1) is 0 Å². The number of aromatic nitrogens is 1. The highest BCUT2D eigenvalue weighted by atomic mass is 14.9. The van der Waals surface area contributed by atoms with Crippen LogP contribution in [0.3, 0.4) is 0 Å². The van der Waals surface area contributed by atoms with E-state index >= 15 is 0 Å². The van der Waals surface area contributed by atoms with Crippen LogP contribution in [0.4, 0.5) is 5.82 Å². The summed E-state index contributed by atoms with van der Waals surface area (Å²) in [6, 6.07) is 2.43. The maximum atomic E-state index is 6.00. The minimum absolute atomic E-state index is 0.279. The molecule has 0 saturated heterocycles. The highest BCUT2D eigenvalue weighted by Crippen LogP contribution is 2.29. The first-order valence-corrected chi connectivity index (χ1v) is 6.78. The molecular formula is C15H23N3. The van der Waals surface area contributed by atoms with E-state index in [1.54, 1.807) is 5.57 Å². The molecule has 0 fully saturated rings. The van der Waals surface area contributed by atoms with Crippen LogP contribution < -0.4 is 11.1 Å². The fraction of sp³-hybridized carbons (Fsp3) is 0.533. The molecule has 1 heterocycles. The third kappa shape index (κ3) is 3.10. The van der Waals surface area contributed by atoms with Crippen LogP contribution in [0, 0.1) is 6.92 Å². The third-order valence-electron chi connectivity index (χ3n) is 3.66. The zero-order valence-corrected chi connectivity index (χ0v) is 11.4. The van der Waals surface area contributed by atoms with Crippen molar-refractivity contribution in [1.29, 1.82) is 0 Å². The second-order valence-corrected chi connectivity index (χ2v) is 5.14. The van der Waals surface area contributed by atoms with Crippen molar-refractivity contribution in [3.05, 3.63) is 35.0 Å². The van der Waals surface area contributed by atoms with Crippen LogP contribution in [0.5, 0.6) is 0 Å². The molecule has 0 amide bonds. The SMILES string of the molecule is CNC(CC1=CCCCC1)c1cc(C)cnc1N. The smallest absolute Gasteiger partial charge is 0.128 e. The van der Waals surface area contributed by atoms with E-state index in [-0.39, 0.29) is 6.04 Å². The van der Waals surface area contributed by atoms with Crippen molar-refractivity contribution in [2.75, 3.05) is 12.8 Å². The average Bonchev–Trinajstić information content (AvgIpc) is 2.40. The number of nitrogens with two attached hydrogens (primary N) is 1. The van der Waals surface area contributed by atoms with E-state index in [0.29, 0.717) is 5.82 Å². The Balaban J connectivity index is 2.17. The highest BCUT2D eigenvalue weighted by Gasteiger charge is 2.16. The fourth-order valence-corrected chi connectivity index (χ4v) is 2.60. The summed E-state index contributed by atoms with van der Waals surface area (Å²) in [4.78, 5) is 4.26. The van der Waals surface area contributed by atoms with Gasteiger partial charge in [0.2, 0.25) is 0 Å². The Morgan fingerprint density at radius 1 is 1.44 bits per heavy atom. The van der Waals surface area contributed by atoms with Crippen LogP contribution in [0.2, 0.25) is 0 Å². The molecule has 1 aliphatic rings. The minimum atomic E-state index is 0.279. The lowest BCUT2D eigenvalue weighted by Crippen LogP contribution is -2.19. The zero-order chi connectivity index (χ0) is 13.0. The number of nitrogens with one attached hydrogen (secondary N) is 1. The molecule has 0 bridgehead atoms. The quantitative estimate of drug-likeness (QED) is 0.801. The Bertz CT molecular complexity index is 437. The maximum absolute atomic E-state index is 6.00. The van der Waals surface area contributed by atoms with E-state index in [1.165, 1.54) is 25.7 Å². The van der Waals surface area contributed by atoms with E-state index in [1.807, 2.05) is 13.2 Å². The highest BCUT2D eigenvalue weighted by molar-refractivity contribution is 5.43. The molecule has 18 heavy (non-hydrogen) atoms. The van der Waals surface area contributed by atoms with Crippen molar-refractivity contribution in [2.24, 2.45) is 0 Å². The summed E-state index contributed by atoms with van der Waals surface area (Å²) in [5, 5.41) is 3.37. The summed E-state index contributed by atoms with van der Waals surface area (Å²) in [5.74, 6) is 0.649. The third-order valence-corrected chi connectivity index (χ3v) is 3.66. The lowest BCUT2D eigenvalue weighted by molar-refractivity contribution is 0.558. The first kappa shape index (κ1) is 13.1. The average molecular weight is 245 g/mol. The molecule has 2 rings (SSSR count). The van der Waals surface area contributed by atoms with Gasteiger partial charge in [-0.05, 0) is 57.7 Å². The number of hydrogen-bond donors (Lipinski definition) is 2. The summed E-state index contributed by atoms with van der Waals surface area (Å²) in [6.45, 7) is 2.06. The molecule has 3 nitrogen and oxygen atoms in total. The van der Waals surface area contributed by atoms with Crippen LogP contribution in [0.25, 0.3) is 0 Å². The van der Waals surface area contributed by atoms with E-state index in [9.17, 15) is 0 Å². The topological polar surface area (TPSA) is 50.9 Å². The second kappa shape index (κ2) is 6.01. The van der Waals surface area contributed by atoms with Gasteiger partial charge in [0.05, 0.1) is 0 Å². The van der Waals surface area contributed by atoms with Crippen LogP contribution >= 0.6 is 0 Å². The van der Waals surface area contributed by atoms with Crippen molar-refractivity contribution < 1.29 is 0 Å². The predicted molar refractivity (Wildman–Crippen MR) is 76.4 cm³/mol. The fourth-order valence-electron chi connectivity index (χ4n) is 2.60. The molecule has 1 aliphatic carbocycles. The Morgan fingerprint density at radius 3 is 2.94 bits per heavy atom. The molecular weight excluding hydrogens is 222 g/mol. The number of pyridine rings is 1. The van der Waals surface area contributed by atoms with Crippen LogP contribution in [0.15, 0.2) is 23.9 Å². The number of aryl methyl sites for hydroxylation is 1. The normalized spacial score (nSPS) is 17.3. The van der Waals surface area contributed by atoms with Gasteiger partial charge in [0.25, 0.3) is 0 Å². The molecule has 0 saturated carbocycles. The molecule has 0 aliphatic heterocycles. The van der Waals surface area contributed by atoms with Gasteiger partial charge in [0.1, 0.15) is 5.82 Å².